The summed E-state index contributed by atoms with van der Waals surface area (Å²) >= 11 is 0. The Balaban J connectivity index is 1.66. The van der Waals surface area contributed by atoms with Gasteiger partial charge in [0.05, 0.1) is 6.10 Å². The highest BCUT2D eigenvalue weighted by atomic mass is 19.3. The van der Waals surface area contributed by atoms with Crippen LogP contribution >= 0.6 is 0 Å². The molecule has 5 unspecified atom stereocenters. The molecule has 4 aliphatic rings. The van der Waals surface area contributed by atoms with E-state index in [2.05, 4.69) is 20.8 Å². The fourth-order valence-corrected chi connectivity index (χ4v) is 9.74. The van der Waals surface area contributed by atoms with Gasteiger partial charge in [0, 0.05) is 18.3 Å². The van der Waals surface area contributed by atoms with Gasteiger partial charge in [0.1, 0.15) is 0 Å². The second-order valence-corrected chi connectivity index (χ2v) is 12.6. The molecule has 4 rings (SSSR count). The Bertz CT molecular complexity index is 726. The molecule has 0 spiro atoms. The van der Waals surface area contributed by atoms with Gasteiger partial charge in [-0.1, -0.05) is 41.0 Å². The topological polar surface area (TPSA) is 57.5 Å². The molecular formula is C27H44F2O3. The van der Waals surface area contributed by atoms with Crippen LogP contribution in [-0.2, 0) is 4.79 Å². The lowest BCUT2D eigenvalue weighted by molar-refractivity contribution is -0.273. The molecule has 184 valence electrons. The maximum Gasteiger partial charge on any atom is 0.303 e. The number of rotatable bonds is 5. The largest absolute Gasteiger partial charge is 0.481 e. The standard InChI is InChI=1S/C27H44F2O3/c1-6-17-23(32)22-19-9-8-18(15(2)7-10-21(30)31)25(19,4)14-12-20(22)26(5)13-11-16(3)27(28,29)24(17)26/h15-20,22-24,32H,6-14H2,1-5H3,(H,30,31)/t15-,16-,17+,18?,19?,20?,22?,23?,24+,25-,26-/m1/s1. The van der Waals surface area contributed by atoms with E-state index in [1.165, 1.54) is 0 Å². The third-order valence-electron chi connectivity index (χ3n) is 11.4. The lowest BCUT2D eigenvalue weighted by Crippen LogP contribution is -2.66. The molecule has 0 bridgehead atoms. The molecule has 4 fully saturated rings. The molecule has 3 nitrogen and oxygen atoms in total. The molecule has 4 saturated carbocycles. The minimum atomic E-state index is -2.72. The SMILES string of the molecule is CC[C@H]1C(O)C2C3CCC([C@H](C)CCC(=O)O)[C@@]3(C)CCC2[C@@]2(C)CC[C@@H](C)C(F)(F)[C@@H]12. The minimum Gasteiger partial charge on any atom is -0.481 e. The van der Waals surface area contributed by atoms with Crippen molar-refractivity contribution in [3.05, 3.63) is 0 Å². The van der Waals surface area contributed by atoms with Crippen molar-refractivity contribution in [3.8, 4) is 0 Å². The van der Waals surface area contributed by atoms with Crippen LogP contribution in [0.3, 0.4) is 0 Å². The van der Waals surface area contributed by atoms with E-state index in [4.69, 9.17) is 5.11 Å². The van der Waals surface area contributed by atoms with Gasteiger partial charge in [-0.2, -0.15) is 0 Å². The first-order valence-corrected chi connectivity index (χ1v) is 13.2. The maximum absolute atomic E-state index is 15.7. The number of halogens is 2. The third-order valence-corrected chi connectivity index (χ3v) is 11.4. The third kappa shape index (κ3) is 3.38. The minimum absolute atomic E-state index is 0.0754. The molecule has 0 radical (unpaired) electrons. The van der Waals surface area contributed by atoms with E-state index in [1.54, 1.807) is 6.92 Å². The number of alkyl halides is 2. The summed E-state index contributed by atoms with van der Waals surface area (Å²) in [4.78, 5) is 11.1. The van der Waals surface area contributed by atoms with Gasteiger partial charge in [0.25, 0.3) is 5.92 Å². The fraction of sp³-hybridized carbons (Fsp3) is 0.963. The Morgan fingerprint density at radius 1 is 1.06 bits per heavy atom. The number of carboxylic acid groups (broad SMARTS) is 1. The van der Waals surface area contributed by atoms with Crippen LogP contribution in [0.1, 0.15) is 92.4 Å². The predicted molar refractivity (Wildman–Crippen MR) is 121 cm³/mol. The van der Waals surface area contributed by atoms with E-state index in [0.717, 1.165) is 32.1 Å². The van der Waals surface area contributed by atoms with Gasteiger partial charge in [0.2, 0.25) is 0 Å². The Kier molecular flexibility index (Phi) is 6.26. The van der Waals surface area contributed by atoms with Crippen molar-refractivity contribution in [3.63, 3.8) is 0 Å². The van der Waals surface area contributed by atoms with Gasteiger partial charge in [-0.15, -0.1) is 0 Å². The van der Waals surface area contributed by atoms with Crippen LogP contribution in [0, 0.1) is 58.2 Å². The van der Waals surface area contributed by atoms with Crippen LogP contribution < -0.4 is 0 Å². The van der Waals surface area contributed by atoms with Crippen molar-refractivity contribution in [1.29, 1.82) is 0 Å². The molecule has 32 heavy (non-hydrogen) atoms. The molecule has 0 aliphatic heterocycles. The van der Waals surface area contributed by atoms with Gasteiger partial charge in [-0.3, -0.25) is 4.79 Å². The van der Waals surface area contributed by atoms with Crippen LogP contribution in [0.2, 0.25) is 0 Å². The lowest BCUT2D eigenvalue weighted by atomic mass is 9.40. The Labute approximate surface area is 192 Å². The summed E-state index contributed by atoms with van der Waals surface area (Å²) in [6.45, 7) is 10.4. The monoisotopic (exact) mass is 454 g/mol. The average molecular weight is 455 g/mol. The number of carbonyl (C=O) groups is 1. The van der Waals surface area contributed by atoms with E-state index in [-0.39, 0.29) is 29.6 Å². The molecule has 4 aliphatic carbocycles. The van der Waals surface area contributed by atoms with E-state index < -0.39 is 35.2 Å². The van der Waals surface area contributed by atoms with Crippen LogP contribution in [0.4, 0.5) is 8.78 Å². The first-order chi connectivity index (χ1) is 14.9. The normalized spacial score (nSPS) is 50.8. The zero-order valence-electron chi connectivity index (χ0n) is 20.6. The van der Waals surface area contributed by atoms with Crippen molar-refractivity contribution in [1.82, 2.24) is 0 Å². The summed E-state index contributed by atoms with van der Waals surface area (Å²) in [7, 11) is 0. The van der Waals surface area contributed by atoms with E-state index in [1.807, 2.05) is 6.92 Å². The molecule has 0 aromatic heterocycles. The molecular weight excluding hydrogens is 410 g/mol. The Morgan fingerprint density at radius 3 is 2.31 bits per heavy atom. The number of carboxylic acids is 1. The van der Waals surface area contributed by atoms with Gasteiger partial charge in [-0.25, -0.2) is 8.78 Å². The highest BCUT2D eigenvalue weighted by molar-refractivity contribution is 5.66. The van der Waals surface area contributed by atoms with Crippen molar-refractivity contribution >= 4 is 5.97 Å². The molecule has 0 aromatic rings. The molecule has 0 saturated heterocycles. The van der Waals surface area contributed by atoms with Crippen molar-refractivity contribution in [2.45, 2.75) is 104 Å². The second-order valence-electron chi connectivity index (χ2n) is 12.6. The first kappa shape index (κ1) is 24.4. The van der Waals surface area contributed by atoms with E-state index >= 15 is 8.78 Å². The zero-order valence-corrected chi connectivity index (χ0v) is 20.6. The average Bonchev–Trinajstić information content (AvgIpc) is 3.08. The number of aliphatic carboxylic acids is 1. The molecule has 5 heteroatoms. The van der Waals surface area contributed by atoms with E-state index in [9.17, 15) is 9.90 Å². The molecule has 0 amide bonds. The number of aliphatic hydroxyl groups is 1. The van der Waals surface area contributed by atoms with Crippen LogP contribution in [0.15, 0.2) is 0 Å². The Hall–Kier alpha value is -0.710. The number of aliphatic hydroxyl groups excluding tert-OH is 1. The quantitative estimate of drug-likeness (QED) is 0.490. The molecule has 11 atom stereocenters. The maximum atomic E-state index is 15.7. The van der Waals surface area contributed by atoms with Gasteiger partial charge < -0.3 is 10.2 Å². The number of hydrogen-bond acceptors (Lipinski definition) is 2. The fourth-order valence-electron chi connectivity index (χ4n) is 9.74. The lowest BCUT2D eigenvalue weighted by Gasteiger charge is -2.66. The molecule has 0 aromatic carbocycles. The number of hydrogen-bond donors (Lipinski definition) is 2. The van der Waals surface area contributed by atoms with Crippen LogP contribution in [-0.4, -0.2) is 28.2 Å². The van der Waals surface area contributed by atoms with Crippen molar-refractivity contribution in [2.75, 3.05) is 0 Å². The summed E-state index contributed by atoms with van der Waals surface area (Å²) in [5.41, 5.74) is -0.332. The Morgan fingerprint density at radius 2 is 1.69 bits per heavy atom. The van der Waals surface area contributed by atoms with Crippen LogP contribution in [0.25, 0.3) is 0 Å². The summed E-state index contributed by atoms with van der Waals surface area (Å²) in [6.07, 6.45) is 6.33. The summed E-state index contributed by atoms with van der Waals surface area (Å²) in [6, 6.07) is 0. The summed E-state index contributed by atoms with van der Waals surface area (Å²) < 4.78 is 31.3. The van der Waals surface area contributed by atoms with Gasteiger partial charge in [0.15, 0.2) is 0 Å². The predicted octanol–water partition coefficient (Wildman–Crippen LogP) is 6.63. The summed E-state index contributed by atoms with van der Waals surface area (Å²) in [5, 5.41) is 20.8. The molecule has 0 heterocycles. The summed E-state index contributed by atoms with van der Waals surface area (Å²) in [5.74, 6) is -3.73. The second kappa shape index (κ2) is 8.20. The van der Waals surface area contributed by atoms with Crippen molar-refractivity contribution < 1.29 is 23.8 Å². The van der Waals surface area contributed by atoms with Gasteiger partial charge >= 0.3 is 5.97 Å². The van der Waals surface area contributed by atoms with Crippen molar-refractivity contribution in [2.24, 2.45) is 58.2 Å². The number of fused-ring (bicyclic) bond motifs is 5. The smallest absolute Gasteiger partial charge is 0.303 e. The first-order valence-electron chi connectivity index (χ1n) is 13.2. The van der Waals surface area contributed by atoms with Gasteiger partial charge in [-0.05, 0) is 91.3 Å². The van der Waals surface area contributed by atoms with E-state index in [0.29, 0.717) is 37.0 Å². The molecule has 2 N–H and O–H groups in total. The highest BCUT2D eigenvalue weighted by Gasteiger charge is 2.70. The zero-order chi connectivity index (χ0) is 23.6. The van der Waals surface area contributed by atoms with Crippen LogP contribution in [0.5, 0.6) is 0 Å². The highest BCUT2D eigenvalue weighted by Crippen LogP contribution is 2.71.